The average molecular weight is 317 g/mol. The van der Waals surface area contributed by atoms with Crippen molar-refractivity contribution in [3.05, 3.63) is 29.7 Å². The van der Waals surface area contributed by atoms with Gasteiger partial charge in [-0.05, 0) is 12.5 Å². The first-order chi connectivity index (χ1) is 9.49. The summed E-state index contributed by atoms with van der Waals surface area (Å²) in [5.74, 6) is 0.0943. The summed E-state index contributed by atoms with van der Waals surface area (Å²) < 4.78 is 28.0. The summed E-state index contributed by atoms with van der Waals surface area (Å²) in [6.45, 7) is 0.841. The molecule has 0 amide bonds. The molecule has 8 nitrogen and oxygen atoms in total. The SMILES string of the molecule is Nc1ncc(S(=O)(=O)NCCCn2ccnn2)cc1Cl. The molecule has 10 heteroatoms. The fourth-order valence-corrected chi connectivity index (χ4v) is 2.74. The minimum atomic E-state index is -3.64. The van der Waals surface area contributed by atoms with Crippen molar-refractivity contribution in [1.82, 2.24) is 24.7 Å². The zero-order valence-corrected chi connectivity index (χ0v) is 12.0. The third-order valence-electron chi connectivity index (χ3n) is 2.48. The van der Waals surface area contributed by atoms with Gasteiger partial charge in [-0.2, -0.15) is 0 Å². The van der Waals surface area contributed by atoms with Crippen LogP contribution in [0.15, 0.2) is 29.6 Å². The Kier molecular flexibility index (Phi) is 4.53. The number of aryl methyl sites for hydroxylation is 1. The monoisotopic (exact) mass is 316 g/mol. The van der Waals surface area contributed by atoms with Crippen LogP contribution < -0.4 is 10.5 Å². The quantitative estimate of drug-likeness (QED) is 0.739. The molecule has 20 heavy (non-hydrogen) atoms. The Labute approximate surface area is 121 Å². The maximum Gasteiger partial charge on any atom is 0.242 e. The summed E-state index contributed by atoms with van der Waals surface area (Å²) in [6, 6.07) is 1.27. The van der Waals surface area contributed by atoms with Crippen molar-refractivity contribution in [2.45, 2.75) is 17.9 Å². The van der Waals surface area contributed by atoms with Gasteiger partial charge in [0.05, 0.1) is 11.2 Å². The van der Waals surface area contributed by atoms with Crippen molar-refractivity contribution in [1.29, 1.82) is 0 Å². The van der Waals surface area contributed by atoms with Crippen LogP contribution in [0.4, 0.5) is 5.82 Å². The summed E-state index contributed by atoms with van der Waals surface area (Å²) >= 11 is 5.75. The van der Waals surface area contributed by atoms with Crippen LogP contribution >= 0.6 is 11.6 Å². The average Bonchev–Trinajstić information content (AvgIpc) is 2.91. The van der Waals surface area contributed by atoms with Gasteiger partial charge in [0.2, 0.25) is 10.0 Å². The van der Waals surface area contributed by atoms with Crippen molar-refractivity contribution in [2.75, 3.05) is 12.3 Å². The zero-order valence-electron chi connectivity index (χ0n) is 10.4. The molecule has 0 bridgehead atoms. The van der Waals surface area contributed by atoms with Gasteiger partial charge >= 0.3 is 0 Å². The normalized spacial score (nSPS) is 11.7. The summed E-state index contributed by atoms with van der Waals surface area (Å²) in [4.78, 5) is 3.70. The Morgan fingerprint density at radius 3 is 2.90 bits per heavy atom. The number of hydrogen-bond acceptors (Lipinski definition) is 6. The maximum atomic E-state index is 12.0. The van der Waals surface area contributed by atoms with Gasteiger partial charge in [-0.15, -0.1) is 5.10 Å². The number of nitrogens with one attached hydrogen (secondary N) is 1. The largest absolute Gasteiger partial charge is 0.382 e. The fraction of sp³-hybridized carbons (Fsp3) is 0.300. The number of aromatic nitrogens is 4. The zero-order chi connectivity index (χ0) is 14.6. The molecule has 0 aromatic carbocycles. The maximum absolute atomic E-state index is 12.0. The van der Waals surface area contributed by atoms with Crippen LogP contribution in [0.25, 0.3) is 0 Å². The summed E-state index contributed by atoms with van der Waals surface area (Å²) in [6.07, 6.45) is 5.02. The molecule has 3 N–H and O–H groups in total. The van der Waals surface area contributed by atoms with Gasteiger partial charge in [0.25, 0.3) is 0 Å². The predicted octanol–water partition coefficient (Wildman–Crippen LogP) is 0.277. The Hall–Kier alpha value is -1.71. The Bertz CT molecular complexity index is 673. The lowest BCUT2D eigenvalue weighted by atomic mass is 10.4. The van der Waals surface area contributed by atoms with Gasteiger partial charge in [-0.1, -0.05) is 16.8 Å². The number of sulfonamides is 1. The lowest BCUT2D eigenvalue weighted by Gasteiger charge is -2.07. The molecular weight excluding hydrogens is 304 g/mol. The number of nitrogens with two attached hydrogens (primary N) is 1. The molecule has 0 saturated heterocycles. The van der Waals surface area contributed by atoms with E-state index in [-0.39, 0.29) is 22.3 Å². The van der Waals surface area contributed by atoms with Gasteiger partial charge in [0.15, 0.2) is 0 Å². The van der Waals surface area contributed by atoms with Crippen LogP contribution in [-0.2, 0) is 16.6 Å². The molecule has 0 aliphatic rings. The van der Waals surface area contributed by atoms with E-state index in [0.29, 0.717) is 13.0 Å². The van der Waals surface area contributed by atoms with Crippen LogP contribution in [0, 0.1) is 0 Å². The second kappa shape index (κ2) is 6.16. The van der Waals surface area contributed by atoms with Gasteiger partial charge in [-0.3, -0.25) is 4.68 Å². The van der Waals surface area contributed by atoms with Crippen molar-refractivity contribution in [3.8, 4) is 0 Å². The topological polar surface area (TPSA) is 116 Å². The lowest BCUT2D eigenvalue weighted by Crippen LogP contribution is -2.25. The molecular formula is C10H13ClN6O2S. The minimum absolute atomic E-state index is 0.0162. The Morgan fingerprint density at radius 1 is 1.45 bits per heavy atom. The molecule has 108 valence electrons. The van der Waals surface area contributed by atoms with E-state index in [4.69, 9.17) is 17.3 Å². The molecule has 0 aliphatic carbocycles. The second-order valence-corrected chi connectivity index (χ2v) is 6.13. The number of halogens is 1. The molecule has 0 aliphatic heterocycles. The molecule has 0 fully saturated rings. The Balaban J connectivity index is 1.92. The lowest BCUT2D eigenvalue weighted by molar-refractivity contribution is 0.542. The molecule has 2 heterocycles. The third-order valence-corrected chi connectivity index (χ3v) is 4.21. The molecule has 2 rings (SSSR count). The number of nitrogens with zero attached hydrogens (tertiary/aromatic N) is 4. The molecule has 2 aromatic rings. The summed E-state index contributed by atoms with van der Waals surface area (Å²) in [5.41, 5.74) is 5.43. The standard InChI is InChI=1S/C10H13ClN6O2S/c11-9-6-8(7-13-10(9)12)20(18,19)15-2-1-4-17-5-3-14-16-17/h3,5-7,15H,1-2,4H2,(H2,12,13). The fourth-order valence-electron chi connectivity index (χ4n) is 1.46. The van der Waals surface area contributed by atoms with E-state index in [9.17, 15) is 8.42 Å². The number of pyridine rings is 1. The van der Waals surface area contributed by atoms with Crippen LogP contribution in [0.2, 0.25) is 5.02 Å². The van der Waals surface area contributed by atoms with Gasteiger partial charge in [0, 0.05) is 25.5 Å². The van der Waals surface area contributed by atoms with Gasteiger partial charge < -0.3 is 5.73 Å². The van der Waals surface area contributed by atoms with Crippen LogP contribution in [-0.4, -0.2) is 34.9 Å². The van der Waals surface area contributed by atoms with E-state index >= 15 is 0 Å². The van der Waals surface area contributed by atoms with E-state index in [1.54, 1.807) is 17.1 Å². The van der Waals surface area contributed by atoms with Crippen LogP contribution in [0.5, 0.6) is 0 Å². The van der Waals surface area contributed by atoms with Crippen LogP contribution in [0.1, 0.15) is 6.42 Å². The minimum Gasteiger partial charge on any atom is -0.382 e. The van der Waals surface area contributed by atoms with E-state index in [0.717, 1.165) is 0 Å². The molecule has 0 spiro atoms. The van der Waals surface area contributed by atoms with Crippen molar-refractivity contribution in [2.24, 2.45) is 0 Å². The first kappa shape index (κ1) is 14.7. The van der Waals surface area contributed by atoms with E-state index in [1.165, 1.54) is 12.3 Å². The highest BCUT2D eigenvalue weighted by Gasteiger charge is 2.15. The predicted molar refractivity (Wildman–Crippen MR) is 73.5 cm³/mol. The number of hydrogen-bond donors (Lipinski definition) is 2. The van der Waals surface area contributed by atoms with E-state index < -0.39 is 10.0 Å². The Morgan fingerprint density at radius 2 is 2.25 bits per heavy atom. The highest BCUT2D eigenvalue weighted by atomic mass is 35.5. The smallest absolute Gasteiger partial charge is 0.242 e. The van der Waals surface area contributed by atoms with E-state index in [1.807, 2.05) is 0 Å². The first-order valence-corrected chi connectivity index (χ1v) is 7.60. The van der Waals surface area contributed by atoms with Gasteiger partial charge in [0.1, 0.15) is 10.7 Å². The van der Waals surface area contributed by atoms with Crippen molar-refractivity contribution >= 4 is 27.4 Å². The van der Waals surface area contributed by atoms with Crippen molar-refractivity contribution < 1.29 is 8.42 Å². The summed E-state index contributed by atoms with van der Waals surface area (Å²) in [5, 5.41) is 7.54. The molecule has 0 unspecified atom stereocenters. The molecule has 0 atom stereocenters. The molecule has 0 saturated carbocycles. The third kappa shape index (κ3) is 3.65. The second-order valence-electron chi connectivity index (χ2n) is 3.96. The van der Waals surface area contributed by atoms with Crippen molar-refractivity contribution in [3.63, 3.8) is 0 Å². The first-order valence-electron chi connectivity index (χ1n) is 5.74. The highest BCUT2D eigenvalue weighted by molar-refractivity contribution is 7.89. The molecule has 0 radical (unpaired) electrons. The number of anilines is 1. The van der Waals surface area contributed by atoms with E-state index in [2.05, 4.69) is 20.0 Å². The number of nitrogen functional groups attached to an aromatic ring is 1. The summed E-state index contributed by atoms with van der Waals surface area (Å²) in [7, 11) is -3.64. The van der Waals surface area contributed by atoms with Crippen LogP contribution in [0.3, 0.4) is 0 Å². The molecule has 2 aromatic heterocycles. The van der Waals surface area contributed by atoms with Gasteiger partial charge in [-0.25, -0.2) is 18.1 Å². The highest BCUT2D eigenvalue weighted by Crippen LogP contribution is 2.19. The number of rotatable bonds is 6.